The SMILES string of the molecule is O=C(Nc1cccc(Cl)c1)C1CCC(C(=O)N2CCCCCC2)CC1. The summed E-state index contributed by atoms with van der Waals surface area (Å²) in [5.41, 5.74) is 0.736. The molecule has 4 nitrogen and oxygen atoms in total. The topological polar surface area (TPSA) is 49.4 Å². The van der Waals surface area contributed by atoms with Crippen molar-refractivity contribution in [1.29, 1.82) is 0 Å². The number of carbonyl (C=O) groups excluding carboxylic acids is 2. The second-order valence-electron chi connectivity index (χ2n) is 7.29. The van der Waals surface area contributed by atoms with E-state index in [2.05, 4.69) is 10.2 Å². The number of halogens is 1. The molecule has 1 aromatic carbocycles. The van der Waals surface area contributed by atoms with Crippen molar-refractivity contribution in [2.24, 2.45) is 11.8 Å². The minimum absolute atomic E-state index is 0.00725. The number of anilines is 1. The lowest BCUT2D eigenvalue weighted by Gasteiger charge is -2.31. The molecule has 2 fully saturated rings. The Bertz CT molecular complexity index is 603. The predicted molar refractivity (Wildman–Crippen MR) is 101 cm³/mol. The van der Waals surface area contributed by atoms with Gasteiger partial charge in [0, 0.05) is 35.6 Å². The normalized spacial score (nSPS) is 24.4. The molecule has 2 amide bonds. The molecule has 0 bridgehead atoms. The highest BCUT2D eigenvalue weighted by molar-refractivity contribution is 6.30. The first-order chi connectivity index (χ1) is 12.1. The molecule has 1 aliphatic carbocycles. The van der Waals surface area contributed by atoms with Crippen LogP contribution >= 0.6 is 11.6 Å². The summed E-state index contributed by atoms with van der Waals surface area (Å²) >= 11 is 5.96. The van der Waals surface area contributed by atoms with Gasteiger partial charge in [-0.05, 0) is 56.7 Å². The van der Waals surface area contributed by atoms with Gasteiger partial charge in [-0.15, -0.1) is 0 Å². The number of hydrogen-bond donors (Lipinski definition) is 1. The van der Waals surface area contributed by atoms with E-state index in [0.29, 0.717) is 10.9 Å². The summed E-state index contributed by atoms with van der Waals surface area (Å²) in [5.74, 6) is 0.457. The van der Waals surface area contributed by atoms with Crippen LogP contribution in [0, 0.1) is 11.8 Å². The Morgan fingerprint density at radius 2 is 1.60 bits per heavy atom. The summed E-state index contributed by atoms with van der Waals surface area (Å²) in [6.07, 6.45) is 7.95. The minimum atomic E-state index is -0.00725. The maximum absolute atomic E-state index is 12.7. The number of benzene rings is 1. The van der Waals surface area contributed by atoms with Crippen LogP contribution in [0.2, 0.25) is 5.02 Å². The third-order valence-corrected chi connectivity index (χ3v) is 5.69. The highest BCUT2D eigenvalue weighted by Crippen LogP contribution is 2.31. The third-order valence-electron chi connectivity index (χ3n) is 5.46. The Labute approximate surface area is 154 Å². The summed E-state index contributed by atoms with van der Waals surface area (Å²) < 4.78 is 0. The number of likely N-dealkylation sites (tertiary alicyclic amines) is 1. The van der Waals surface area contributed by atoms with E-state index >= 15 is 0 Å². The van der Waals surface area contributed by atoms with Crippen LogP contribution in [0.25, 0.3) is 0 Å². The standard InChI is InChI=1S/C20H27ClN2O2/c21-17-6-5-7-18(14-17)22-19(24)15-8-10-16(11-9-15)20(25)23-12-3-1-2-4-13-23/h5-7,14-16H,1-4,8-13H2,(H,22,24). The average Bonchev–Trinajstić information content (AvgIpc) is 2.90. The second kappa shape index (κ2) is 8.70. The van der Waals surface area contributed by atoms with Crippen molar-refractivity contribution in [3.8, 4) is 0 Å². The summed E-state index contributed by atoms with van der Waals surface area (Å²) in [6.45, 7) is 1.82. The van der Waals surface area contributed by atoms with Crippen LogP contribution in [0.3, 0.4) is 0 Å². The van der Waals surface area contributed by atoms with Gasteiger partial charge in [0.1, 0.15) is 0 Å². The van der Waals surface area contributed by atoms with Gasteiger partial charge in [-0.2, -0.15) is 0 Å². The lowest BCUT2D eigenvalue weighted by Crippen LogP contribution is -2.39. The fourth-order valence-corrected chi connectivity index (χ4v) is 4.15. The first-order valence-electron chi connectivity index (χ1n) is 9.49. The lowest BCUT2D eigenvalue weighted by atomic mass is 9.81. The molecule has 1 aromatic rings. The van der Waals surface area contributed by atoms with Gasteiger partial charge < -0.3 is 10.2 Å². The van der Waals surface area contributed by atoms with Crippen molar-refractivity contribution >= 4 is 29.1 Å². The zero-order valence-corrected chi connectivity index (χ0v) is 15.4. The molecule has 2 aliphatic rings. The van der Waals surface area contributed by atoms with Crippen molar-refractivity contribution in [1.82, 2.24) is 4.90 Å². The van der Waals surface area contributed by atoms with E-state index in [4.69, 9.17) is 11.6 Å². The number of rotatable bonds is 3. The molecular weight excluding hydrogens is 336 g/mol. The zero-order chi connectivity index (χ0) is 17.6. The molecule has 5 heteroatoms. The van der Waals surface area contributed by atoms with Crippen molar-refractivity contribution in [2.45, 2.75) is 51.4 Å². The Hall–Kier alpha value is -1.55. The summed E-state index contributed by atoms with van der Waals surface area (Å²) in [7, 11) is 0. The Morgan fingerprint density at radius 3 is 2.24 bits per heavy atom. The molecule has 1 N–H and O–H groups in total. The minimum Gasteiger partial charge on any atom is -0.342 e. The van der Waals surface area contributed by atoms with Crippen LogP contribution in [-0.4, -0.2) is 29.8 Å². The van der Waals surface area contributed by atoms with Gasteiger partial charge in [-0.1, -0.05) is 30.5 Å². The molecular formula is C20H27ClN2O2. The van der Waals surface area contributed by atoms with Gasteiger partial charge in [0.25, 0.3) is 0 Å². The molecule has 0 radical (unpaired) electrons. The molecule has 25 heavy (non-hydrogen) atoms. The molecule has 1 aliphatic heterocycles. The molecule has 0 atom stereocenters. The average molecular weight is 363 g/mol. The first-order valence-corrected chi connectivity index (χ1v) is 9.86. The van der Waals surface area contributed by atoms with Gasteiger partial charge in [0.2, 0.25) is 11.8 Å². The van der Waals surface area contributed by atoms with Gasteiger partial charge >= 0.3 is 0 Å². The largest absolute Gasteiger partial charge is 0.342 e. The fourth-order valence-electron chi connectivity index (χ4n) is 3.96. The molecule has 1 saturated carbocycles. The highest BCUT2D eigenvalue weighted by atomic mass is 35.5. The van der Waals surface area contributed by atoms with Gasteiger partial charge in [-0.3, -0.25) is 9.59 Å². The molecule has 0 unspecified atom stereocenters. The quantitative estimate of drug-likeness (QED) is 0.861. The van der Waals surface area contributed by atoms with E-state index in [1.165, 1.54) is 12.8 Å². The number of hydrogen-bond acceptors (Lipinski definition) is 2. The van der Waals surface area contributed by atoms with Crippen LogP contribution in [0.1, 0.15) is 51.4 Å². The molecule has 1 saturated heterocycles. The third kappa shape index (κ3) is 4.97. The highest BCUT2D eigenvalue weighted by Gasteiger charge is 2.32. The van der Waals surface area contributed by atoms with Crippen LogP contribution < -0.4 is 5.32 Å². The van der Waals surface area contributed by atoms with Crippen molar-refractivity contribution < 1.29 is 9.59 Å². The summed E-state index contributed by atoms with van der Waals surface area (Å²) in [6, 6.07) is 7.22. The number of carbonyl (C=O) groups is 2. The Morgan fingerprint density at radius 1 is 0.960 bits per heavy atom. The van der Waals surface area contributed by atoms with Gasteiger partial charge in [0.05, 0.1) is 0 Å². The van der Waals surface area contributed by atoms with Crippen LogP contribution in [-0.2, 0) is 9.59 Å². The molecule has 0 aromatic heterocycles. The molecule has 1 heterocycles. The van der Waals surface area contributed by atoms with Crippen molar-refractivity contribution in [2.75, 3.05) is 18.4 Å². The van der Waals surface area contributed by atoms with E-state index in [0.717, 1.165) is 57.3 Å². The lowest BCUT2D eigenvalue weighted by molar-refractivity contribution is -0.137. The second-order valence-corrected chi connectivity index (χ2v) is 7.72. The van der Waals surface area contributed by atoms with Crippen molar-refractivity contribution in [3.63, 3.8) is 0 Å². The number of amides is 2. The van der Waals surface area contributed by atoms with Crippen LogP contribution in [0.15, 0.2) is 24.3 Å². The Kier molecular flexibility index (Phi) is 6.35. The zero-order valence-electron chi connectivity index (χ0n) is 14.7. The van der Waals surface area contributed by atoms with E-state index in [1.807, 2.05) is 12.1 Å². The fraction of sp³-hybridized carbons (Fsp3) is 0.600. The van der Waals surface area contributed by atoms with E-state index in [9.17, 15) is 9.59 Å². The molecule has 136 valence electrons. The number of nitrogens with one attached hydrogen (secondary N) is 1. The van der Waals surface area contributed by atoms with Gasteiger partial charge in [0.15, 0.2) is 0 Å². The first kappa shape index (κ1) is 18.2. The predicted octanol–water partition coefficient (Wildman–Crippen LogP) is 4.49. The van der Waals surface area contributed by atoms with E-state index in [1.54, 1.807) is 12.1 Å². The maximum atomic E-state index is 12.7. The van der Waals surface area contributed by atoms with E-state index in [-0.39, 0.29) is 17.7 Å². The van der Waals surface area contributed by atoms with Crippen molar-refractivity contribution in [3.05, 3.63) is 29.3 Å². The maximum Gasteiger partial charge on any atom is 0.227 e. The summed E-state index contributed by atoms with van der Waals surface area (Å²) in [5, 5.41) is 3.56. The molecule has 3 rings (SSSR count). The Balaban J connectivity index is 1.49. The molecule has 0 spiro atoms. The van der Waals surface area contributed by atoms with Crippen LogP contribution in [0.4, 0.5) is 5.69 Å². The van der Waals surface area contributed by atoms with E-state index < -0.39 is 0 Å². The smallest absolute Gasteiger partial charge is 0.227 e. The monoisotopic (exact) mass is 362 g/mol. The number of nitrogens with zero attached hydrogens (tertiary/aromatic N) is 1. The van der Waals surface area contributed by atoms with Gasteiger partial charge in [-0.25, -0.2) is 0 Å². The van der Waals surface area contributed by atoms with Crippen LogP contribution in [0.5, 0.6) is 0 Å². The summed E-state index contributed by atoms with van der Waals surface area (Å²) in [4.78, 5) is 27.2.